The first-order valence-corrected chi connectivity index (χ1v) is 5.56. The third-order valence-electron chi connectivity index (χ3n) is 1.83. The van der Waals surface area contributed by atoms with Crippen molar-refractivity contribution < 1.29 is 14.2 Å². The molecule has 3 nitrogen and oxygen atoms in total. The summed E-state index contributed by atoms with van der Waals surface area (Å²) in [4.78, 5) is 0.339. The summed E-state index contributed by atoms with van der Waals surface area (Å²) in [6.07, 6.45) is 0.471. The Morgan fingerprint density at radius 1 is 1.38 bits per heavy atom. The summed E-state index contributed by atoms with van der Waals surface area (Å²) in [6, 6.07) is 0. The van der Waals surface area contributed by atoms with Gasteiger partial charge in [-0.15, -0.1) is 0 Å². The number of rotatable bonds is 5. The van der Waals surface area contributed by atoms with Crippen molar-refractivity contribution in [2.24, 2.45) is 0 Å². The number of ether oxygens (including phenoxy) is 3. The lowest BCUT2D eigenvalue weighted by Crippen LogP contribution is -2.24. The fraction of sp³-hybridized carbons (Fsp3) is 1.00. The first kappa shape index (κ1) is 11.4. The van der Waals surface area contributed by atoms with Crippen molar-refractivity contribution in [3.8, 4) is 0 Å². The Bertz CT molecular complexity index is 141. The van der Waals surface area contributed by atoms with Crippen molar-refractivity contribution in [1.29, 1.82) is 0 Å². The molecule has 1 fully saturated rings. The minimum atomic E-state index is 0.191. The summed E-state index contributed by atoms with van der Waals surface area (Å²) in [6.45, 7) is 6.79. The van der Waals surface area contributed by atoms with Crippen molar-refractivity contribution in [3.05, 3.63) is 0 Å². The summed E-state index contributed by atoms with van der Waals surface area (Å²) >= 11 is 3.49. The van der Waals surface area contributed by atoms with E-state index in [0.29, 0.717) is 24.6 Å². The molecule has 0 bridgehead atoms. The maximum atomic E-state index is 5.57. The Kier molecular flexibility index (Phi) is 5.24. The topological polar surface area (TPSA) is 27.7 Å². The molecule has 1 rings (SSSR count). The van der Waals surface area contributed by atoms with E-state index in [4.69, 9.17) is 14.2 Å². The van der Waals surface area contributed by atoms with Crippen molar-refractivity contribution in [2.45, 2.75) is 30.9 Å². The van der Waals surface area contributed by atoms with Crippen LogP contribution in [0.15, 0.2) is 0 Å². The summed E-state index contributed by atoms with van der Waals surface area (Å²) < 4.78 is 16.2. The van der Waals surface area contributed by atoms with Crippen molar-refractivity contribution >= 4 is 15.9 Å². The standard InChI is InChI=1S/C9H17BrO3/c1-7(2)12-3-4-13-9-6-11-5-8(9)10/h7-9H,3-6H2,1-2H3. The Labute approximate surface area is 87.9 Å². The van der Waals surface area contributed by atoms with Crippen LogP contribution in [0.3, 0.4) is 0 Å². The van der Waals surface area contributed by atoms with Gasteiger partial charge in [0.05, 0.1) is 43.5 Å². The predicted molar refractivity (Wildman–Crippen MR) is 54.4 cm³/mol. The van der Waals surface area contributed by atoms with E-state index in [-0.39, 0.29) is 12.2 Å². The Balaban J connectivity index is 1.99. The lowest BCUT2D eigenvalue weighted by atomic mass is 10.3. The molecule has 0 aromatic rings. The molecule has 0 saturated carbocycles. The predicted octanol–water partition coefficient (Wildman–Crippen LogP) is 1.59. The summed E-state index contributed by atoms with van der Waals surface area (Å²) in [5.74, 6) is 0. The SMILES string of the molecule is CC(C)OCCOC1COCC1Br. The molecule has 78 valence electrons. The third kappa shape index (κ3) is 4.40. The van der Waals surface area contributed by atoms with Crippen LogP contribution in [0, 0.1) is 0 Å². The van der Waals surface area contributed by atoms with Gasteiger partial charge in [-0.05, 0) is 13.8 Å². The second kappa shape index (κ2) is 5.96. The fourth-order valence-electron chi connectivity index (χ4n) is 1.14. The van der Waals surface area contributed by atoms with Crippen molar-refractivity contribution in [3.63, 3.8) is 0 Å². The zero-order valence-electron chi connectivity index (χ0n) is 8.16. The Morgan fingerprint density at radius 2 is 2.15 bits per heavy atom. The first-order valence-electron chi connectivity index (χ1n) is 4.65. The second-order valence-electron chi connectivity index (χ2n) is 3.38. The zero-order chi connectivity index (χ0) is 9.68. The minimum absolute atomic E-state index is 0.191. The van der Waals surface area contributed by atoms with Gasteiger partial charge in [-0.2, -0.15) is 0 Å². The van der Waals surface area contributed by atoms with Gasteiger partial charge in [-0.25, -0.2) is 0 Å². The van der Waals surface area contributed by atoms with Crippen LogP contribution < -0.4 is 0 Å². The van der Waals surface area contributed by atoms with E-state index in [1.165, 1.54) is 0 Å². The van der Waals surface area contributed by atoms with Gasteiger partial charge in [0.15, 0.2) is 0 Å². The van der Waals surface area contributed by atoms with Crippen LogP contribution in [0.4, 0.5) is 0 Å². The van der Waals surface area contributed by atoms with Gasteiger partial charge in [0.1, 0.15) is 0 Å². The quantitative estimate of drug-likeness (QED) is 0.550. The fourth-order valence-corrected chi connectivity index (χ4v) is 1.64. The van der Waals surface area contributed by atoms with Crippen LogP contribution in [0.25, 0.3) is 0 Å². The summed E-state index contributed by atoms with van der Waals surface area (Å²) in [7, 11) is 0. The molecule has 0 aromatic carbocycles. The molecule has 1 heterocycles. The molecule has 2 atom stereocenters. The second-order valence-corrected chi connectivity index (χ2v) is 4.56. The lowest BCUT2D eigenvalue weighted by Gasteiger charge is -2.14. The molecule has 0 aliphatic carbocycles. The molecule has 0 radical (unpaired) electrons. The van der Waals surface area contributed by atoms with Crippen LogP contribution in [0.1, 0.15) is 13.8 Å². The first-order chi connectivity index (χ1) is 6.20. The normalized spacial score (nSPS) is 28.6. The largest absolute Gasteiger partial charge is 0.377 e. The monoisotopic (exact) mass is 252 g/mol. The molecule has 13 heavy (non-hydrogen) atoms. The maximum Gasteiger partial charge on any atom is 0.0956 e. The van der Waals surface area contributed by atoms with Gasteiger partial charge >= 0.3 is 0 Å². The average molecular weight is 253 g/mol. The van der Waals surface area contributed by atoms with E-state index in [0.717, 1.165) is 6.61 Å². The lowest BCUT2D eigenvalue weighted by molar-refractivity contribution is -0.0132. The molecule has 0 spiro atoms. The van der Waals surface area contributed by atoms with Crippen LogP contribution in [-0.4, -0.2) is 43.5 Å². The maximum absolute atomic E-state index is 5.57. The number of halogens is 1. The highest BCUT2D eigenvalue weighted by molar-refractivity contribution is 9.09. The molecule has 0 amide bonds. The van der Waals surface area contributed by atoms with E-state index in [1.54, 1.807) is 0 Å². The van der Waals surface area contributed by atoms with Crippen LogP contribution in [-0.2, 0) is 14.2 Å². The van der Waals surface area contributed by atoms with E-state index in [9.17, 15) is 0 Å². The van der Waals surface area contributed by atoms with E-state index in [1.807, 2.05) is 13.8 Å². The Hall–Kier alpha value is 0.360. The molecule has 1 aliphatic heterocycles. The molecule has 0 N–H and O–H groups in total. The minimum Gasteiger partial charge on any atom is -0.377 e. The van der Waals surface area contributed by atoms with Gasteiger partial charge in [-0.1, -0.05) is 15.9 Å². The highest BCUT2D eigenvalue weighted by Gasteiger charge is 2.26. The smallest absolute Gasteiger partial charge is 0.0956 e. The highest BCUT2D eigenvalue weighted by atomic mass is 79.9. The highest BCUT2D eigenvalue weighted by Crippen LogP contribution is 2.17. The van der Waals surface area contributed by atoms with Crippen LogP contribution >= 0.6 is 15.9 Å². The summed E-state index contributed by atoms with van der Waals surface area (Å²) in [5, 5.41) is 0. The molecule has 0 aromatic heterocycles. The molecule has 1 aliphatic rings. The molecule has 1 saturated heterocycles. The Morgan fingerprint density at radius 3 is 2.69 bits per heavy atom. The molecule has 2 unspecified atom stereocenters. The van der Waals surface area contributed by atoms with E-state index < -0.39 is 0 Å². The van der Waals surface area contributed by atoms with E-state index >= 15 is 0 Å². The molecule has 4 heteroatoms. The van der Waals surface area contributed by atoms with Crippen molar-refractivity contribution in [1.82, 2.24) is 0 Å². The zero-order valence-corrected chi connectivity index (χ0v) is 9.75. The molecular weight excluding hydrogens is 236 g/mol. The van der Waals surface area contributed by atoms with Crippen LogP contribution in [0.5, 0.6) is 0 Å². The third-order valence-corrected chi connectivity index (χ3v) is 2.68. The number of hydrogen-bond acceptors (Lipinski definition) is 3. The van der Waals surface area contributed by atoms with Gasteiger partial charge < -0.3 is 14.2 Å². The van der Waals surface area contributed by atoms with Gasteiger partial charge in [0.25, 0.3) is 0 Å². The molecular formula is C9H17BrO3. The van der Waals surface area contributed by atoms with Crippen LogP contribution in [0.2, 0.25) is 0 Å². The number of alkyl halides is 1. The van der Waals surface area contributed by atoms with Gasteiger partial charge in [0, 0.05) is 0 Å². The average Bonchev–Trinajstić information content (AvgIpc) is 2.45. The summed E-state index contributed by atoms with van der Waals surface area (Å²) in [5.41, 5.74) is 0. The van der Waals surface area contributed by atoms with E-state index in [2.05, 4.69) is 15.9 Å². The van der Waals surface area contributed by atoms with Gasteiger partial charge in [0.2, 0.25) is 0 Å². The number of hydrogen-bond donors (Lipinski definition) is 0. The van der Waals surface area contributed by atoms with Gasteiger partial charge in [-0.3, -0.25) is 0 Å². The van der Waals surface area contributed by atoms with Crippen molar-refractivity contribution in [2.75, 3.05) is 26.4 Å².